The van der Waals surface area contributed by atoms with Gasteiger partial charge in [-0.25, -0.2) is 17.5 Å². The van der Waals surface area contributed by atoms with Gasteiger partial charge in [0.2, 0.25) is 15.9 Å². The van der Waals surface area contributed by atoms with E-state index in [2.05, 4.69) is 0 Å². The predicted octanol–water partition coefficient (Wildman–Crippen LogP) is 1.26. The van der Waals surface area contributed by atoms with Crippen LogP contribution in [0.5, 0.6) is 5.75 Å². The van der Waals surface area contributed by atoms with Crippen molar-refractivity contribution in [1.29, 1.82) is 0 Å². The lowest BCUT2D eigenvalue weighted by Gasteiger charge is -2.11. The van der Waals surface area contributed by atoms with E-state index < -0.39 is 21.9 Å². The van der Waals surface area contributed by atoms with Crippen molar-refractivity contribution in [2.24, 2.45) is 5.73 Å². The van der Waals surface area contributed by atoms with E-state index in [-0.39, 0.29) is 16.2 Å². The minimum atomic E-state index is -3.55. The molecule has 0 fully saturated rings. The Bertz CT molecular complexity index is 856. The fourth-order valence-corrected chi connectivity index (χ4v) is 2.73. The monoisotopic (exact) mass is 348 g/mol. The summed E-state index contributed by atoms with van der Waals surface area (Å²) in [4.78, 5) is 23.1. The molecule has 0 aliphatic carbocycles. The highest BCUT2D eigenvalue weighted by atomic mass is 32.2. The molecule has 24 heavy (non-hydrogen) atoms. The largest absolute Gasteiger partial charge is 0.423 e. The summed E-state index contributed by atoms with van der Waals surface area (Å²) in [5.74, 6) is -0.976. The Morgan fingerprint density at radius 1 is 0.917 bits per heavy atom. The standard InChI is InChI=1S/C16H16N2O5S/c1-18(2)24(21,22)14-9-5-12(6-10-14)16(20)23-13-7-3-11(4-8-13)15(17)19/h3-10H,1-2H3,(H2,17,19). The molecular formula is C16H16N2O5S. The van der Waals surface area contributed by atoms with Gasteiger partial charge in [0.1, 0.15) is 5.75 Å². The van der Waals surface area contributed by atoms with Crippen LogP contribution in [0.4, 0.5) is 0 Å². The first-order valence-corrected chi connectivity index (χ1v) is 8.30. The minimum absolute atomic E-state index is 0.0786. The van der Waals surface area contributed by atoms with Gasteiger partial charge < -0.3 is 10.5 Å². The SMILES string of the molecule is CN(C)S(=O)(=O)c1ccc(C(=O)Oc2ccc(C(N)=O)cc2)cc1. The van der Waals surface area contributed by atoms with Gasteiger partial charge in [0.15, 0.2) is 0 Å². The van der Waals surface area contributed by atoms with Crippen LogP contribution in [0.3, 0.4) is 0 Å². The maximum absolute atomic E-state index is 12.1. The van der Waals surface area contributed by atoms with Crippen LogP contribution < -0.4 is 10.5 Å². The van der Waals surface area contributed by atoms with E-state index in [1.54, 1.807) is 0 Å². The second-order valence-corrected chi connectivity index (χ2v) is 7.24. The van der Waals surface area contributed by atoms with E-state index in [4.69, 9.17) is 10.5 Å². The lowest BCUT2D eigenvalue weighted by molar-refractivity contribution is 0.0734. The van der Waals surface area contributed by atoms with Crippen molar-refractivity contribution in [1.82, 2.24) is 4.31 Å². The second-order valence-electron chi connectivity index (χ2n) is 5.09. The van der Waals surface area contributed by atoms with Crippen molar-refractivity contribution in [3.05, 3.63) is 59.7 Å². The molecule has 2 rings (SSSR count). The normalized spacial score (nSPS) is 11.3. The quantitative estimate of drug-likeness (QED) is 0.646. The molecule has 2 N–H and O–H groups in total. The first-order valence-electron chi connectivity index (χ1n) is 6.86. The zero-order chi connectivity index (χ0) is 17.9. The number of benzene rings is 2. The number of hydrogen-bond donors (Lipinski definition) is 1. The van der Waals surface area contributed by atoms with Gasteiger partial charge in [0.25, 0.3) is 0 Å². The molecule has 0 aromatic heterocycles. The molecule has 0 aliphatic rings. The summed E-state index contributed by atoms with van der Waals surface area (Å²) >= 11 is 0. The summed E-state index contributed by atoms with van der Waals surface area (Å²) in [6.07, 6.45) is 0. The van der Waals surface area contributed by atoms with Crippen LogP contribution in [0.15, 0.2) is 53.4 Å². The third-order valence-electron chi connectivity index (χ3n) is 3.22. The molecule has 0 heterocycles. The smallest absolute Gasteiger partial charge is 0.343 e. The lowest BCUT2D eigenvalue weighted by atomic mass is 10.2. The number of primary amides is 1. The van der Waals surface area contributed by atoms with Gasteiger partial charge >= 0.3 is 5.97 Å². The summed E-state index contributed by atoms with van der Waals surface area (Å²) in [7, 11) is -0.706. The number of esters is 1. The second kappa shape index (κ2) is 6.81. The van der Waals surface area contributed by atoms with E-state index in [0.717, 1.165) is 4.31 Å². The number of sulfonamides is 1. The van der Waals surface area contributed by atoms with Crippen LogP contribution in [0.1, 0.15) is 20.7 Å². The van der Waals surface area contributed by atoms with Crippen LogP contribution in [0.2, 0.25) is 0 Å². The lowest BCUT2D eigenvalue weighted by Crippen LogP contribution is -2.22. The van der Waals surface area contributed by atoms with E-state index in [1.165, 1.54) is 62.6 Å². The maximum atomic E-state index is 12.1. The van der Waals surface area contributed by atoms with Crippen LogP contribution in [0, 0.1) is 0 Å². The number of nitrogens with two attached hydrogens (primary N) is 1. The number of carbonyl (C=O) groups is 2. The Morgan fingerprint density at radius 2 is 1.42 bits per heavy atom. The molecule has 0 bridgehead atoms. The molecule has 2 aromatic rings. The molecule has 0 radical (unpaired) electrons. The Hall–Kier alpha value is -2.71. The fourth-order valence-electron chi connectivity index (χ4n) is 1.83. The van der Waals surface area contributed by atoms with Crippen molar-refractivity contribution in [2.45, 2.75) is 4.90 Å². The van der Waals surface area contributed by atoms with Gasteiger partial charge in [-0.3, -0.25) is 4.79 Å². The van der Waals surface area contributed by atoms with Gasteiger partial charge in [-0.1, -0.05) is 0 Å². The summed E-state index contributed by atoms with van der Waals surface area (Å²) in [6, 6.07) is 11.2. The molecular weight excluding hydrogens is 332 g/mol. The van der Waals surface area contributed by atoms with E-state index in [0.29, 0.717) is 5.56 Å². The topological polar surface area (TPSA) is 107 Å². The molecule has 2 aromatic carbocycles. The minimum Gasteiger partial charge on any atom is -0.423 e. The van der Waals surface area contributed by atoms with E-state index in [1.807, 2.05) is 0 Å². The highest BCUT2D eigenvalue weighted by molar-refractivity contribution is 7.89. The number of carbonyl (C=O) groups excluding carboxylic acids is 2. The summed E-state index contributed by atoms with van der Waals surface area (Å²) in [5.41, 5.74) is 5.63. The fraction of sp³-hybridized carbons (Fsp3) is 0.125. The number of rotatable bonds is 5. The number of ether oxygens (including phenoxy) is 1. The molecule has 0 unspecified atom stereocenters. The molecule has 0 spiro atoms. The molecule has 8 heteroatoms. The third kappa shape index (κ3) is 3.79. The van der Waals surface area contributed by atoms with Gasteiger partial charge in [-0.2, -0.15) is 0 Å². The summed E-state index contributed by atoms with van der Waals surface area (Å²) < 4.78 is 30.2. The molecule has 7 nitrogen and oxygen atoms in total. The molecule has 0 atom stereocenters. The molecule has 0 saturated heterocycles. The van der Waals surface area contributed by atoms with Crippen LogP contribution >= 0.6 is 0 Å². The molecule has 0 aliphatic heterocycles. The third-order valence-corrected chi connectivity index (χ3v) is 5.05. The Labute approximate surface area is 139 Å². The maximum Gasteiger partial charge on any atom is 0.343 e. The number of hydrogen-bond acceptors (Lipinski definition) is 5. The average Bonchev–Trinajstić information content (AvgIpc) is 2.55. The van der Waals surface area contributed by atoms with Crippen molar-refractivity contribution in [3.8, 4) is 5.75 Å². The van der Waals surface area contributed by atoms with Crippen LogP contribution in [-0.4, -0.2) is 38.7 Å². The van der Waals surface area contributed by atoms with Crippen molar-refractivity contribution >= 4 is 21.9 Å². The first kappa shape index (κ1) is 17.6. The Morgan fingerprint density at radius 3 is 1.88 bits per heavy atom. The summed E-state index contributed by atoms with van der Waals surface area (Å²) in [5, 5.41) is 0. The Kier molecular flexibility index (Phi) is 5.01. The van der Waals surface area contributed by atoms with Gasteiger partial charge in [-0.15, -0.1) is 0 Å². The Balaban J connectivity index is 2.14. The highest BCUT2D eigenvalue weighted by Crippen LogP contribution is 2.17. The van der Waals surface area contributed by atoms with Crippen LogP contribution in [0.25, 0.3) is 0 Å². The van der Waals surface area contributed by atoms with Crippen LogP contribution in [-0.2, 0) is 10.0 Å². The van der Waals surface area contributed by atoms with Crippen molar-refractivity contribution in [3.63, 3.8) is 0 Å². The average molecular weight is 348 g/mol. The van der Waals surface area contributed by atoms with E-state index in [9.17, 15) is 18.0 Å². The predicted molar refractivity (Wildman–Crippen MR) is 87.2 cm³/mol. The van der Waals surface area contributed by atoms with Crippen molar-refractivity contribution < 1.29 is 22.7 Å². The summed E-state index contributed by atoms with van der Waals surface area (Å²) in [6.45, 7) is 0. The molecule has 0 saturated carbocycles. The van der Waals surface area contributed by atoms with Gasteiger partial charge in [0, 0.05) is 19.7 Å². The first-order chi connectivity index (χ1) is 11.2. The zero-order valence-corrected chi connectivity index (χ0v) is 13.9. The molecule has 126 valence electrons. The van der Waals surface area contributed by atoms with Crippen molar-refractivity contribution in [2.75, 3.05) is 14.1 Å². The van der Waals surface area contributed by atoms with Gasteiger partial charge in [0.05, 0.1) is 10.5 Å². The van der Waals surface area contributed by atoms with Gasteiger partial charge in [-0.05, 0) is 48.5 Å². The molecule has 1 amide bonds. The highest BCUT2D eigenvalue weighted by Gasteiger charge is 2.18. The number of nitrogens with zero attached hydrogens (tertiary/aromatic N) is 1. The zero-order valence-electron chi connectivity index (χ0n) is 13.1. The number of amides is 1. The van der Waals surface area contributed by atoms with E-state index >= 15 is 0 Å².